The van der Waals surface area contributed by atoms with Gasteiger partial charge in [0.1, 0.15) is 0 Å². The highest BCUT2D eigenvalue weighted by molar-refractivity contribution is 6.31. The van der Waals surface area contributed by atoms with Gasteiger partial charge in [0.25, 0.3) is 5.91 Å². The molecule has 0 aliphatic rings. The molecule has 5 nitrogen and oxygen atoms in total. The van der Waals surface area contributed by atoms with Crippen molar-refractivity contribution < 1.29 is 4.79 Å². The minimum absolute atomic E-state index is 0.271. The molecule has 0 radical (unpaired) electrons. The first-order valence-corrected chi connectivity index (χ1v) is 7.95. The third-order valence-electron chi connectivity index (χ3n) is 3.85. The maximum absolute atomic E-state index is 12.4. The SMILES string of the molecule is Cc1ccccc1-n1nnc(C(=O)NCc2ccccc2Cl)c1C. The van der Waals surface area contributed by atoms with Crippen LogP contribution >= 0.6 is 11.6 Å². The van der Waals surface area contributed by atoms with Gasteiger partial charge in [-0.1, -0.05) is 53.2 Å². The summed E-state index contributed by atoms with van der Waals surface area (Å²) in [6, 6.07) is 15.2. The first-order valence-electron chi connectivity index (χ1n) is 7.58. The van der Waals surface area contributed by atoms with Crippen LogP contribution in [0.3, 0.4) is 0 Å². The zero-order valence-corrected chi connectivity index (χ0v) is 14.2. The van der Waals surface area contributed by atoms with Gasteiger partial charge in [-0.25, -0.2) is 4.68 Å². The number of carbonyl (C=O) groups is 1. The molecular formula is C18H17ClN4O. The molecule has 6 heteroatoms. The van der Waals surface area contributed by atoms with Crippen molar-refractivity contribution in [1.29, 1.82) is 0 Å². The fourth-order valence-electron chi connectivity index (χ4n) is 2.47. The van der Waals surface area contributed by atoms with Crippen molar-refractivity contribution in [2.45, 2.75) is 20.4 Å². The van der Waals surface area contributed by atoms with E-state index in [2.05, 4.69) is 15.6 Å². The van der Waals surface area contributed by atoms with Crippen molar-refractivity contribution in [3.8, 4) is 5.69 Å². The van der Waals surface area contributed by atoms with E-state index in [0.29, 0.717) is 23.0 Å². The van der Waals surface area contributed by atoms with E-state index in [1.807, 2.05) is 56.3 Å². The van der Waals surface area contributed by atoms with Gasteiger partial charge in [0.05, 0.1) is 11.4 Å². The second kappa shape index (κ2) is 6.84. The van der Waals surface area contributed by atoms with Gasteiger partial charge in [0.15, 0.2) is 5.69 Å². The molecule has 2 aromatic carbocycles. The summed E-state index contributed by atoms with van der Waals surface area (Å²) in [5.41, 5.74) is 3.84. The van der Waals surface area contributed by atoms with Crippen molar-refractivity contribution in [3.05, 3.63) is 76.1 Å². The molecule has 0 spiro atoms. The highest BCUT2D eigenvalue weighted by Gasteiger charge is 2.18. The molecule has 0 bridgehead atoms. The zero-order chi connectivity index (χ0) is 17.1. The van der Waals surface area contributed by atoms with Gasteiger partial charge in [-0.2, -0.15) is 0 Å². The van der Waals surface area contributed by atoms with Crippen molar-refractivity contribution in [2.75, 3.05) is 0 Å². The van der Waals surface area contributed by atoms with Crippen molar-refractivity contribution in [1.82, 2.24) is 20.3 Å². The van der Waals surface area contributed by atoms with Crippen LogP contribution in [0.4, 0.5) is 0 Å². The summed E-state index contributed by atoms with van der Waals surface area (Å²) >= 11 is 6.10. The molecule has 0 fully saturated rings. The first-order chi connectivity index (χ1) is 11.6. The Labute approximate surface area is 145 Å². The summed E-state index contributed by atoms with van der Waals surface area (Å²) in [5, 5.41) is 11.6. The molecule has 3 aromatic rings. The number of aryl methyl sites for hydroxylation is 1. The van der Waals surface area contributed by atoms with E-state index in [-0.39, 0.29) is 5.91 Å². The average molecular weight is 341 g/mol. The number of nitrogens with zero attached hydrogens (tertiary/aromatic N) is 3. The Kier molecular flexibility index (Phi) is 4.62. The molecule has 0 saturated heterocycles. The largest absolute Gasteiger partial charge is 0.346 e. The lowest BCUT2D eigenvalue weighted by Crippen LogP contribution is -2.24. The average Bonchev–Trinajstić information content (AvgIpc) is 2.96. The second-order valence-electron chi connectivity index (χ2n) is 5.50. The van der Waals surface area contributed by atoms with Crippen LogP contribution < -0.4 is 5.32 Å². The number of aromatic nitrogens is 3. The molecule has 0 atom stereocenters. The third kappa shape index (κ3) is 3.16. The van der Waals surface area contributed by atoms with E-state index in [0.717, 1.165) is 16.8 Å². The number of carbonyl (C=O) groups excluding carboxylic acids is 1. The Balaban J connectivity index is 1.80. The van der Waals surface area contributed by atoms with Crippen LogP contribution in [0.1, 0.15) is 27.3 Å². The molecule has 0 aliphatic heterocycles. The fraction of sp³-hybridized carbons (Fsp3) is 0.167. The molecule has 0 unspecified atom stereocenters. The van der Waals surface area contributed by atoms with Gasteiger partial charge in [-0.3, -0.25) is 4.79 Å². The van der Waals surface area contributed by atoms with E-state index in [4.69, 9.17) is 11.6 Å². The summed E-state index contributed by atoms with van der Waals surface area (Å²) < 4.78 is 1.68. The van der Waals surface area contributed by atoms with Crippen LogP contribution in [0.15, 0.2) is 48.5 Å². The molecule has 1 N–H and O–H groups in total. The first kappa shape index (κ1) is 16.2. The molecule has 0 saturated carbocycles. The molecular weight excluding hydrogens is 324 g/mol. The summed E-state index contributed by atoms with van der Waals surface area (Å²) in [5.74, 6) is -0.271. The number of hydrogen-bond acceptors (Lipinski definition) is 3. The Morgan fingerprint density at radius 3 is 2.58 bits per heavy atom. The summed E-state index contributed by atoms with van der Waals surface area (Å²) in [6.07, 6.45) is 0. The van der Waals surface area contributed by atoms with Gasteiger partial charge in [-0.05, 0) is 37.1 Å². The lowest BCUT2D eigenvalue weighted by Gasteiger charge is -2.08. The van der Waals surface area contributed by atoms with Crippen LogP contribution in [-0.2, 0) is 6.54 Å². The Hall–Kier alpha value is -2.66. The standard InChI is InChI=1S/C18H17ClN4O/c1-12-7-3-6-10-16(12)23-13(2)17(21-22-23)18(24)20-11-14-8-4-5-9-15(14)19/h3-10H,11H2,1-2H3,(H,20,24). The monoisotopic (exact) mass is 340 g/mol. The summed E-state index contributed by atoms with van der Waals surface area (Å²) in [4.78, 5) is 12.4. The Morgan fingerprint density at radius 1 is 1.12 bits per heavy atom. The Morgan fingerprint density at radius 2 is 1.83 bits per heavy atom. The van der Waals surface area contributed by atoms with E-state index in [1.165, 1.54) is 0 Å². The van der Waals surface area contributed by atoms with Crippen LogP contribution in [0.2, 0.25) is 5.02 Å². The maximum Gasteiger partial charge on any atom is 0.274 e. The van der Waals surface area contributed by atoms with Crippen LogP contribution in [0.5, 0.6) is 0 Å². The number of amides is 1. The molecule has 1 amide bonds. The van der Waals surface area contributed by atoms with Gasteiger partial charge >= 0.3 is 0 Å². The predicted molar refractivity (Wildman–Crippen MR) is 93.5 cm³/mol. The minimum Gasteiger partial charge on any atom is -0.346 e. The number of rotatable bonds is 4. The zero-order valence-electron chi connectivity index (χ0n) is 13.5. The molecule has 1 aromatic heterocycles. The van der Waals surface area contributed by atoms with Crippen LogP contribution in [-0.4, -0.2) is 20.9 Å². The lowest BCUT2D eigenvalue weighted by molar-refractivity contribution is 0.0945. The predicted octanol–water partition coefficient (Wildman–Crippen LogP) is 3.47. The van der Waals surface area contributed by atoms with Crippen molar-refractivity contribution >= 4 is 17.5 Å². The highest BCUT2D eigenvalue weighted by atomic mass is 35.5. The number of para-hydroxylation sites is 1. The second-order valence-corrected chi connectivity index (χ2v) is 5.90. The number of nitrogens with one attached hydrogen (secondary N) is 1. The maximum atomic E-state index is 12.4. The highest BCUT2D eigenvalue weighted by Crippen LogP contribution is 2.17. The fourth-order valence-corrected chi connectivity index (χ4v) is 2.67. The third-order valence-corrected chi connectivity index (χ3v) is 4.22. The smallest absolute Gasteiger partial charge is 0.274 e. The summed E-state index contributed by atoms with van der Waals surface area (Å²) in [7, 11) is 0. The van der Waals surface area contributed by atoms with Gasteiger partial charge in [0.2, 0.25) is 0 Å². The quantitative estimate of drug-likeness (QED) is 0.791. The molecule has 122 valence electrons. The van der Waals surface area contributed by atoms with Gasteiger partial charge in [0, 0.05) is 11.6 Å². The molecule has 24 heavy (non-hydrogen) atoms. The summed E-state index contributed by atoms with van der Waals surface area (Å²) in [6.45, 7) is 4.17. The molecule has 1 heterocycles. The van der Waals surface area contributed by atoms with Crippen molar-refractivity contribution in [2.24, 2.45) is 0 Å². The molecule has 3 rings (SSSR count). The number of benzene rings is 2. The topological polar surface area (TPSA) is 59.8 Å². The van der Waals surface area contributed by atoms with E-state index < -0.39 is 0 Å². The van der Waals surface area contributed by atoms with Crippen molar-refractivity contribution in [3.63, 3.8) is 0 Å². The Bertz CT molecular complexity index is 888. The van der Waals surface area contributed by atoms with Gasteiger partial charge in [-0.15, -0.1) is 5.10 Å². The number of hydrogen-bond donors (Lipinski definition) is 1. The minimum atomic E-state index is -0.271. The normalized spacial score (nSPS) is 10.6. The lowest BCUT2D eigenvalue weighted by atomic mass is 10.2. The van der Waals surface area contributed by atoms with Gasteiger partial charge < -0.3 is 5.32 Å². The van der Waals surface area contributed by atoms with E-state index in [1.54, 1.807) is 10.7 Å². The van der Waals surface area contributed by atoms with Crippen LogP contribution in [0.25, 0.3) is 5.69 Å². The molecule has 0 aliphatic carbocycles. The van der Waals surface area contributed by atoms with E-state index >= 15 is 0 Å². The number of halogens is 1. The van der Waals surface area contributed by atoms with E-state index in [9.17, 15) is 4.79 Å². The van der Waals surface area contributed by atoms with Crippen LogP contribution in [0, 0.1) is 13.8 Å².